The minimum Gasteiger partial charge on any atom is -0.387 e. The van der Waals surface area contributed by atoms with Gasteiger partial charge in [-0.15, -0.1) is 0 Å². The number of nitrogens with zero attached hydrogens (tertiary/aromatic N) is 1. The molecule has 0 aromatic rings. The topological polar surface area (TPSA) is 38.4 Å². The monoisotopic (exact) mass is 168 g/mol. The molecule has 1 aliphatic carbocycles. The maximum Gasteiger partial charge on any atom is 0.0971 e. The zero-order valence-corrected chi connectivity index (χ0v) is 8.38. The Morgan fingerprint density at radius 3 is 2.42 bits per heavy atom. The summed E-state index contributed by atoms with van der Waals surface area (Å²) in [6, 6.07) is 0.408. The molecule has 0 amide bonds. The fourth-order valence-corrected chi connectivity index (χ4v) is 1.47. The van der Waals surface area contributed by atoms with E-state index in [-0.39, 0.29) is 0 Å². The highest BCUT2D eigenvalue weighted by Gasteiger charge is 2.25. The molecule has 1 fully saturated rings. The van der Waals surface area contributed by atoms with Gasteiger partial charge in [-0.2, -0.15) is 0 Å². The van der Waals surface area contributed by atoms with E-state index in [0.717, 1.165) is 18.2 Å². The van der Waals surface area contributed by atoms with Gasteiger partial charge in [-0.3, -0.25) is 4.99 Å². The molecule has 1 aliphatic rings. The molecule has 12 heavy (non-hydrogen) atoms. The van der Waals surface area contributed by atoms with Crippen molar-refractivity contribution in [2.24, 2.45) is 22.6 Å². The first kappa shape index (κ1) is 9.56. The molecule has 0 aromatic heterocycles. The second-order valence-corrected chi connectivity index (χ2v) is 4.31. The molecule has 0 heterocycles. The molecular weight excluding hydrogens is 148 g/mol. The molecule has 70 valence electrons. The molecule has 1 saturated carbocycles. The van der Waals surface area contributed by atoms with E-state index in [4.69, 9.17) is 5.73 Å². The second-order valence-electron chi connectivity index (χ2n) is 4.31. The van der Waals surface area contributed by atoms with Crippen molar-refractivity contribution in [2.45, 2.75) is 46.1 Å². The first-order chi connectivity index (χ1) is 5.59. The van der Waals surface area contributed by atoms with Gasteiger partial charge in [0.05, 0.1) is 5.84 Å². The van der Waals surface area contributed by atoms with Crippen LogP contribution in [0.3, 0.4) is 0 Å². The number of rotatable bonds is 4. The SMILES string of the molecule is CC(C)CC(C)N=C(N)C1CC1. The zero-order chi connectivity index (χ0) is 9.14. The summed E-state index contributed by atoms with van der Waals surface area (Å²) in [5, 5.41) is 0. The van der Waals surface area contributed by atoms with Crippen molar-refractivity contribution in [3.63, 3.8) is 0 Å². The van der Waals surface area contributed by atoms with Crippen LogP contribution in [0.25, 0.3) is 0 Å². The predicted molar refractivity (Wildman–Crippen MR) is 53.3 cm³/mol. The molecular formula is C10H20N2. The van der Waals surface area contributed by atoms with Crippen LogP contribution in [-0.4, -0.2) is 11.9 Å². The molecule has 2 nitrogen and oxygen atoms in total. The third-order valence-corrected chi connectivity index (χ3v) is 2.18. The smallest absolute Gasteiger partial charge is 0.0971 e. The molecule has 0 radical (unpaired) electrons. The van der Waals surface area contributed by atoms with E-state index in [2.05, 4.69) is 25.8 Å². The molecule has 1 unspecified atom stereocenters. The van der Waals surface area contributed by atoms with Gasteiger partial charge < -0.3 is 5.73 Å². The fraction of sp³-hybridized carbons (Fsp3) is 0.900. The van der Waals surface area contributed by atoms with E-state index in [1.54, 1.807) is 0 Å². The van der Waals surface area contributed by atoms with Crippen molar-refractivity contribution in [3.05, 3.63) is 0 Å². The zero-order valence-electron chi connectivity index (χ0n) is 8.38. The first-order valence-electron chi connectivity index (χ1n) is 4.92. The molecule has 1 rings (SSSR count). The number of aliphatic imine (C=N–C) groups is 1. The molecule has 2 N–H and O–H groups in total. The minimum absolute atomic E-state index is 0.408. The average molecular weight is 168 g/mol. The second kappa shape index (κ2) is 3.92. The highest BCUT2D eigenvalue weighted by Crippen LogP contribution is 2.29. The lowest BCUT2D eigenvalue weighted by Crippen LogP contribution is -2.18. The van der Waals surface area contributed by atoms with Crippen molar-refractivity contribution in [3.8, 4) is 0 Å². The highest BCUT2D eigenvalue weighted by molar-refractivity contribution is 5.85. The lowest BCUT2D eigenvalue weighted by Gasteiger charge is -2.10. The predicted octanol–water partition coefficient (Wildman–Crippen LogP) is 2.19. The third-order valence-electron chi connectivity index (χ3n) is 2.18. The van der Waals surface area contributed by atoms with Crippen molar-refractivity contribution in [1.82, 2.24) is 0 Å². The molecule has 0 bridgehead atoms. The normalized spacial score (nSPS) is 21.5. The number of hydrogen-bond acceptors (Lipinski definition) is 1. The third kappa shape index (κ3) is 3.24. The van der Waals surface area contributed by atoms with E-state index < -0.39 is 0 Å². The lowest BCUT2D eigenvalue weighted by atomic mass is 10.1. The maximum absolute atomic E-state index is 5.81. The summed E-state index contributed by atoms with van der Waals surface area (Å²) in [4.78, 5) is 4.47. The molecule has 2 heteroatoms. The molecule has 1 atom stereocenters. The number of hydrogen-bond donors (Lipinski definition) is 1. The van der Waals surface area contributed by atoms with Gasteiger partial charge in [-0.1, -0.05) is 13.8 Å². The largest absolute Gasteiger partial charge is 0.387 e. The summed E-state index contributed by atoms with van der Waals surface area (Å²) in [6.07, 6.45) is 3.65. The van der Waals surface area contributed by atoms with Gasteiger partial charge in [0.1, 0.15) is 0 Å². The van der Waals surface area contributed by atoms with E-state index in [1.165, 1.54) is 12.8 Å². The Labute approximate surface area is 75.3 Å². The molecule has 0 aromatic carbocycles. The summed E-state index contributed by atoms with van der Waals surface area (Å²) in [5.74, 6) is 2.23. The van der Waals surface area contributed by atoms with E-state index in [0.29, 0.717) is 12.0 Å². The fourth-order valence-electron chi connectivity index (χ4n) is 1.47. The van der Waals surface area contributed by atoms with Crippen LogP contribution in [0.15, 0.2) is 4.99 Å². The van der Waals surface area contributed by atoms with E-state index >= 15 is 0 Å². The summed E-state index contributed by atoms with van der Waals surface area (Å²) >= 11 is 0. The Hall–Kier alpha value is -0.530. The van der Waals surface area contributed by atoms with Crippen LogP contribution in [-0.2, 0) is 0 Å². The quantitative estimate of drug-likeness (QED) is 0.507. The van der Waals surface area contributed by atoms with Crippen molar-refractivity contribution < 1.29 is 0 Å². The van der Waals surface area contributed by atoms with E-state index in [1.807, 2.05) is 0 Å². The first-order valence-corrected chi connectivity index (χ1v) is 4.92. The summed E-state index contributed by atoms with van der Waals surface area (Å²) in [7, 11) is 0. The summed E-state index contributed by atoms with van der Waals surface area (Å²) < 4.78 is 0. The molecule has 0 spiro atoms. The summed E-state index contributed by atoms with van der Waals surface area (Å²) in [5.41, 5.74) is 5.81. The Balaban J connectivity index is 2.31. The van der Waals surface area contributed by atoms with Gasteiger partial charge in [0, 0.05) is 12.0 Å². The van der Waals surface area contributed by atoms with Gasteiger partial charge in [0.2, 0.25) is 0 Å². The van der Waals surface area contributed by atoms with Gasteiger partial charge in [0.25, 0.3) is 0 Å². The average Bonchev–Trinajstić information content (AvgIpc) is 2.63. The number of nitrogens with two attached hydrogens (primary N) is 1. The molecule has 0 aliphatic heterocycles. The van der Waals surface area contributed by atoms with E-state index in [9.17, 15) is 0 Å². The Morgan fingerprint density at radius 2 is 2.00 bits per heavy atom. The van der Waals surface area contributed by atoms with Crippen LogP contribution in [0.1, 0.15) is 40.0 Å². The number of amidine groups is 1. The van der Waals surface area contributed by atoms with Crippen molar-refractivity contribution >= 4 is 5.84 Å². The summed E-state index contributed by atoms with van der Waals surface area (Å²) in [6.45, 7) is 6.59. The lowest BCUT2D eigenvalue weighted by molar-refractivity contribution is 0.520. The maximum atomic E-state index is 5.81. The Morgan fingerprint density at radius 1 is 1.42 bits per heavy atom. The Bertz CT molecular complexity index is 169. The van der Waals surface area contributed by atoms with Gasteiger partial charge in [-0.05, 0) is 32.1 Å². The van der Waals surface area contributed by atoms with Crippen LogP contribution >= 0.6 is 0 Å². The van der Waals surface area contributed by atoms with Crippen molar-refractivity contribution in [1.29, 1.82) is 0 Å². The highest BCUT2D eigenvalue weighted by atomic mass is 14.9. The Kier molecular flexibility index (Phi) is 3.12. The standard InChI is InChI=1S/C10H20N2/c1-7(2)6-8(3)12-10(11)9-4-5-9/h7-9H,4-6H2,1-3H3,(H2,11,12). The van der Waals surface area contributed by atoms with Crippen molar-refractivity contribution in [2.75, 3.05) is 0 Å². The van der Waals surface area contributed by atoms with Crippen LogP contribution in [0.4, 0.5) is 0 Å². The van der Waals surface area contributed by atoms with Gasteiger partial charge >= 0.3 is 0 Å². The molecule has 0 saturated heterocycles. The van der Waals surface area contributed by atoms with Crippen LogP contribution in [0.5, 0.6) is 0 Å². The van der Waals surface area contributed by atoms with Gasteiger partial charge in [0.15, 0.2) is 0 Å². The van der Waals surface area contributed by atoms with Crippen LogP contribution in [0.2, 0.25) is 0 Å². The van der Waals surface area contributed by atoms with Crippen LogP contribution < -0.4 is 5.73 Å². The van der Waals surface area contributed by atoms with Crippen LogP contribution in [0, 0.1) is 11.8 Å². The minimum atomic E-state index is 0.408. The van der Waals surface area contributed by atoms with Gasteiger partial charge in [-0.25, -0.2) is 0 Å².